The average Bonchev–Trinajstić information content (AvgIpc) is 2.76. The largest absolute Gasteiger partial charge is 0.355 e. The van der Waals surface area contributed by atoms with Gasteiger partial charge in [-0.05, 0) is 38.5 Å². The number of aromatic nitrogens is 2. The maximum Gasteiger partial charge on any atom is 0.203 e. The molecule has 1 heterocycles. The van der Waals surface area contributed by atoms with Crippen LogP contribution in [0.1, 0.15) is 52.5 Å². The molecular formula is C14H25N3. The molecule has 1 aliphatic carbocycles. The molecule has 17 heavy (non-hydrogen) atoms. The fourth-order valence-electron chi connectivity index (χ4n) is 2.64. The number of nitrogens with zero attached hydrogens (tertiary/aromatic N) is 2. The molecule has 0 amide bonds. The van der Waals surface area contributed by atoms with Crippen molar-refractivity contribution in [2.75, 3.05) is 11.9 Å². The minimum Gasteiger partial charge on any atom is -0.355 e. The van der Waals surface area contributed by atoms with Crippen molar-refractivity contribution < 1.29 is 0 Å². The van der Waals surface area contributed by atoms with Crippen LogP contribution < -0.4 is 5.32 Å². The Morgan fingerprint density at radius 2 is 2.06 bits per heavy atom. The van der Waals surface area contributed by atoms with E-state index in [9.17, 15) is 0 Å². The van der Waals surface area contributed by atoms with Crippen molar-refractivity contribution in [3.63, 3.8) is 0 Å². The molecule has 0 aliphatic heterocycles. The van der Waals surface area contributed by atoms with E-state index in [1.807, 2.05) is 6.20 Å². The highest BCUT2D eigenvalue weighted by Crippen LogP contribution is 2.28. The Bertz CT molecular complexity index is 335. The Labute approximate surface area is 105 Å². The summed E-state index contributed by atoms with van der Waals surface area (Å²) in [6.45, 7) is 7.83. The molecule has 1 N–H and O–H groups in total. The molecule has 2 rings (SSSR count). The van der Waals surface area contributed by atoms with Crippen molar-refractivity contribution in [2.45, 2.75) is 52.5 Å². The van der Waals surface area contributed by atoms with Crippen molar-refractivity contribution in [3.05, 3.63) is 12.4 Å². The van der Waals surface area contributed by atoms with E-state index in [1.165, 1.54) is 25.7 Å². The monoisotopic (exact) mass is 235 g/mol. The SMILES string of the molecule is CC1CCC(CNc2nccn2C(C)C)CC1. The number of imidazole rings is 1. The lowest BCUT2D eigenvalue weighted by atomic mass is 9.83. The molecule has 0 bridgehead atoms. The average molecular weight is 235 g/mol. The van der Waals surface area contributed by atoms with E-state index in [4.69, 9.17) is 0 Å². The van der Waals surface area contributed by atoms with Crippen molar-refractivity contribution in [1.29, 1.82) is 0 Å². The van der Waals surface area contributed by atoms with Crippen LogP contribution in [0.3, 0.4) is 0 Å². The molecule has 0 saturated heterocycles. The third-order valence-corrected chi connectivity index (χ3v) is 3.91. The van der Waals surface area contributed by atoms with Gasteiger partial charge in [-0.3, -0.25) is 0 Å². The van der Waals surface area contributed by atoms with Gasteiger partial charge in [-0.15, -0.1) is 0 Å². The smallest absolute Gasteiger partial charge is 0.203 e. The summed E-state index contributed by atoms with van der Waals surface area (Å²) in [6, 6.07) is 0.478. The summed E-state index contributed by atoms with van der Waals surface area (Å²) in [4.78, 5) is 4.39. The molecule has 1 aromatic heterocycles. The van der Waals surface area contributed by atoms with Gasteiger partial charge in [0.05, 0.1) is 0 Å². The lowest BCUT2D eigenvalue weighted by Crippen LogP contribution is -2.21. The summed E-state index contributed by atoms with van der Waals surface area (Å²) in [5.41, 5.74) is 0. The normalized spacial score (nSPS) is 25.2. The van der Waals surface area contributed by atoms with Crippen molar-refractivity contribution in [2.24, 2.45) is 11.8 Å². The lowest BCUT2D eigenvalue weighted by molar-refractivity contribution is 0.300. The van der Waals surface area contributed by atoms with E-state index in [0.29, 0.717) is 6.04 Å². The zero-order chi connectivity index (χ0) is 12.3. The molecule has 0 spiro atoms. The van der Waals surface area contributed by atoms with Crippen LogP contribution in [-0.4, -0.2) is 16.1 Å². The highest BCUT2D eigenvalue weighted by Gasteiger charge is 2.18. The second-order valence-electron chi connectivity index (χ2n) is 5.76. The highest BCUT2D eigenvalue weighted by molar-refractivity contribution is 5.26. The summed E-state index contributed by atoms with van der Waals surface area (Å²) >= 11 is 0. The quantitative estimate of drug-likeness (QED) is 0.862. The Morgan fingerprint density at radius 3 is 2.71 bits per heavy atom. The first kappa shape index (κ1) is 12.5. The number of anilines is 1. The third-order valence-electron chi connectivity index (χ3n) is 3.91. The second kappa shape index (κ2) is 5.56. The van der Waals surface area contributed by atoms with Gasteiger partial charge in [-0.25, -0.2) is 4.98 Å². The van der Waals surface area contributed by atoms with Gasteiger partial charge in [-0.2, -0.15) is 0 Å². The topological polar surface area (TPSA) is 29.9 Å². The summed E-state index contributed by atoms with van der Waals surface area (Å²) in [5.74, 6) is 2.80. The molecule has 3 nitrogen and oxygen atoms in total. The van der Waals surface area contributed by atoms with Crippen LogP contribution in [0.2, 0.25) is 0 Å². The molecular weight excluding hydrogens is 210 g/mol. The fourth-order valence-corrected chi connectivity index (χ4v) is 2.64. The Balaban J connectivity index is 1.83. The molecule has 96 valence electrons. The molecule has 1 saturated carbocycles. The van der Waals surface area contributed by atoms with Crippen LogP contribution >= 0.6 is 0 Å². The number of nitrogens with one attached hydrogen (secondary N) is 1. The van der Waals surface area contributed by atoms with Gasteiger partial charge in [0.2, 0.25) is 5.95 Å². The minimum absolute atomic E-state index is 0.478. The second-order valence-corrected chi connectivity index (χ2v) is 5.76. The lowest BCUT2D eigenvalue weighted by Gasteiger charge is -2.26. The summed E-state index contributed by atoms with van der Waals surface area (Å²) in [6.07, 6.45) is 9.46. The van der Waals surface area contributed by atoms with Crippen LogP contribution in [0, 0.1) is 11.8 Å². The van der Waals surface area contributed by atoms with Gasteiger partial charge < -0.3 is 9.88 Å². The zero-order valence-corrected chi connectivity index (χ0v) is 11.3. The summed E-state index contributed by atoms with van der Waals surface area (Å²) in [5, 5.41) is 3.51. The third kappa shape index (κ3) is 3.24. The van der Waals surface area contributed by atoms with Gasteiger partial charge in [0.15, 0.2) is 0 Å². The predicted octanol–water partition coefficient (Wildman–Crippen LogP) is 3.70. The van der Waals surface area contributed by atoms with Crippen molar-refractivity contribution in [1.82, 2.24) is 9.55 Å². The van der Waals surface area contributed by atoms with Crippen LogP contribution in [0.15, 0.2) is 12.4 Å². The molecule has 1 aromatic rings. The van der Waals surface area contributed by atoms with Gasteiger partial charge in [0.25, 0.3) is 0 Å². The van der Waals surface area contributed by atoms with E-state index in [2.05, 4.69) is 41.8 Å². The molecule has 0 atom stereocenters. The molecule has 0 aromatic carbocycles. The zero-order valence-electron chi connectivity index (χ0n) is 11.3. The van der Waals surface area contributed by atoms with E-state index in [-0.39, 0.29) is 0 Å². The highest BCUT2D eigenvalue weighted by atomic mass is 15.2. The van der Waals surface area contributed by atoms with Gasteiger partial charge >= 0.3 is 0 Å². The van der Waals surface area contributed by atoms with E-state index >= 15 is 0 Å². The predicted molar refractivity (Wildman–Crippen MR) is 72.2 cm³/mol. The molecule has 1 aliphatic rings. The molecule has 0 radical (unpaired) electrons. The van der Waals surface area contributed by atoms with Crippen LogP contribution in [0.5, 0.6) is 0 Å². The van der Waals surface area contributed by atoms with Crippen molar-refractivity contribution in [3.8, 4) is 0 Å². The molecule has 1 fully saturated rings. The number of hydrogen-bond acceptors (Lipinski definition) is 2. The van der Waals surface area contributed by atoms with Crippen LogP contribution in [0.25, 0.3) is 0 Å². The first-order valence-corrected chi connectivity index (χ1v) is 6.93. The Kier molecular flexibility index (Phi) is 4.08. The van der Waals surface area contributed by atoms with E-state index < -0.39 is 0 Å². The number of hydrogen-bond donors (Lipinski definition) is 1. The van der Waals surface area contributed by atoms with Gasteiger partial charge in [-0.1, -0.05) is 19.8 Å². The first-order valence-electron chi connectivity index (χ1n) is 6.93. The van der Waals surface area contributed by atoms with E-state index in [0.717, 1.165) is 24.3 Å². The summed E-state index contributed by atoms with van der Waals surface area (Å²) < 4.78 is 2.20. The van der Waals surface area contributed by atoms with Crippen LogP contribution in [0.4, 0.5) is 5.95 Å². The maximum atomic E-state index is 4.39. The first-order chi connectivity index (χ1) is 8.16. The fraction of sp³-hybridized carbons (Fsp3) is 0.786. The summed E-state index contributed by atoms with van der Waals surface area (Å²) in [7, 11) is 0. The van der Waals surface area contributed by atoms with Crippen molar-refractivity contribution >= 4 is 5.95 Å². The Morgan fingerprint density at radius 1 is 1.35 bits per heavy atom. The van der Waals surface area contributed by atoms with Crippen LogP contribution in [-0.2, 0) is 0 Å². The molecule has 3 heteroatoms. The Hall–Kier alpha value is -0.990. The maximum absolute atomic E-state index is 4.39. The molecule has 0 unspecified atom stereocenters. The minimum atomic E-state index is 0.478. The van der Waals surface area contributed by atoms with Gasteiger partial charge in [0, 0.05) is 25.0 Å². The van der Waals surface area contributed by atoms with Gasteiger partial charge in [0.1, 0.15) is 0 Å². The van der Waals surface area contributed by atoms with E-state index in [1.54, 1.807) is 0 Å². The standard InChI is InChI=1S/C14H25N3/c1-11(2)17-9-8-15-14(17)16-10-13-6-4-12(3)5-7-13/h8-9,11-13H,4-7,10H2,1-3H3,(H,15,16). The number of rotatable bonds is 4.